The fourth-order valence-corrected chi connectivity index (χ4v) is 8.76. The van der Waals surface area contributed by atoms with E-state index in [2.05, 4.69) is 6.07 Å². The van der Waals surface area contributed by atoms with Crippen LogP contribution < -0.4 is 33.5 Å². The molecule has 0 spiro atoms. The number of benzene rings is 5. The van der Waals surface area contributed by atoms with Crippen LogP contribution in [-0.2, 0) is 45.1 Å². The summed E-state index contributed by atoms with van der Waals surface area (Å²) in [4.78, 5) is 38.0. The maximum atomic E-state index is 14.0. The van der Waals surface area contributed by atoms with Crippen LogP contribution in [0.1, 0.15) is 50.8 Å². The first-order valence-corrected chi connectivity index (χ1v) is 22.2. The number of hydrogen-bond acceptors (Lipinski definition) is 14. The summed E-state index contributed by atoms with van der Waals surface area (Å²) in [5.74, 6) is 1.21. The first-order valence-electron chi connectivity index (χ1n) is 22.2. The Morgan fingerprint density at radius 3 is 1.90 bits per heavy atom. The van der Waals surface area contributed by atoms with E-state index >= 15 is 0 Å². The van der Waals surface area contributed by atoms with Gasteiger partial charge in [0.05, 0.1) is 89.3 Å². The van der Waals surface area contributed by atoms with E-state index in [9.17, 15) is 14.7 Å². The number of rotatable bonds is 21. The molecule has 4 heterocycles. The molecule has 4 aliphatic heterocycles. The molecule has 2 N–H and O–H groups in total. The predicted octanol–water partition coefficient (Wildman–Crippen LogP) is 7.19. The molecular formula is C51H52N4O12. The van der Waals surface area contributed by atoms with Crippen molar-refractivity contribution in [3.63, 3.8) is 0 Å². The van der Waals surface area contributed by atoms with Gasteiger partial charge in [-0.1, -0.05) is 36.4 Å². The number of carboxylic acids is 1. The minimum absolute atomic E-state index is 0.0497. The molecule has 5 aromatic carbocycles. The Labute approximate surface area is 387 Å². The molecule has 0 aromatic heterocycles. The lowest BCUT2D eigenvalue weighted by Crippen LogP contribution is -2.37. The van der Waals surface area contributed by atoms with Gasteiger partial charge in [0.1, 0.15) is 25.6 Å². The largest absolute Gasteiger partial charge is 0.493 e. The number of hydrogen-bond donors (Lipinski definition) is 2. The van der Waals surface area contributed by atoms with E-state index in [-0.39, 0.29) is 50.8 Å². The molecule has 0 radical (unpaired) electrons. The zero-order chi connectivity index (χ0) is 46.3. The molecule has 0 saturated heterocycles. The van der Waals surface area contributed by atoms with Gasteiger partial charge in [0.15, 0.2) is 29.2 Å². The predicted molar refractivity (Wildman–Crippen MR) is 250 cm³/mol. The van der Waals surface area contributed by atoms with Crippen molar-refractivity contribution in [3.8, 4) is 28.7 Å². The van der Waals surface area contributed by atoms with Crippen molar-refractivity contribution in [2.45, 2.75) is 50.8 Å². The Bertz CT molecular complexity index is 2670. The highest BCUT2D eigenvalue weighted by Gasteiger charge is 2.38. The number of carboxylic acid groups (broad SMARTS) is 1. The smallest absolute Gasteiger partial charge is 0.305 e. The van der Waals surface area contributed by atoms with Crippen LogP contribution in [0.25, 0.3) is 0 Å². The van der Waals surface area contributed by atoms with Crippen molar-refractivity contribution in [2.24, 2.45) is 9.98 Å². The molecule has 0 bridgehead atoms. The molecule has 0 aliphatic carbocycles. The summed E-state index contributed by atoms with van der Waals surface area (Å²) in [7, 11) is 3.10. The number of aliphatic imine (C=N–C) groups is 2. The van der Waals surface area contributed by atoms with Gasteiger partial charge in [-0.3, -0.25) is 24.5 Å². The number of aliphatic hydroxyl groups is 1. The zero-order valence-corrected chi connectivity index (χ0v) is 37.3. The van der Waals surface area contributed by atoms with E-state index in [4.69, 9.17) is 53.0 Å². The quantitative estimate of drug-likeness (QED) is 0.0708. The number of fused-ring (bicyclic) bond motifs is 8. The average Bonchev–Trinajstić information content (AvgIpc) is 3.83. The second-order valence-corrected chi connectivity index (χ2v) is 16.3. The van der Waals surface area contributed by atoms with Crippen LogP contribution in [0.15, 0.2) is 101 Å². The highest BCUT2D eigenvalue weighted by Crippen LogP contribution is 2.46. The van der Waals surface area contributed by atoms with Crippen LogP contribution in [0.3, 0.4) is 0 Å². The topological polar surface area (TPSA) is 180 Å². The number of amides is 1. The number of para-hydroxylation sites is 2. The Morgan fingerprint density at radius 1 is 0.642 bits per heavy atom. The van der Waals surface area contributed by atoms with Crippen LogP contribution in [0.5, 0.6) is 28.7 Å². The molecule has 1 unspecified atom stereocenters. The first kappa shape index (κ1) is 45.2. The number of aliphatic hydroxyl groups excluding tert-OH is 1. The number of methoxy groups -OCH3 is 2. The van der Waals surface area contributed by atoms with Crippen molar-refractivity contribution < 1.29 is 57.7 Å². The summed E-state index contributed by atoms with van der Waals surface area (Å²) >= 11 is 0. The summed E-state index contributed by atoms with van der Waals surface area (Å²) < 4.78 is 47.1. The van der Waals surface area contributed by atoms with Gasteiger partial charge in [-0.25, -0.2) is 0 Å². The van der Waals surface area contributed by atoms with Crippen molar-refractivity contribution in [1.82, 2.24) is 0 Å². The Morgan fingerprint density at radius 2 is 1.21 bits per heavy atom. The molecule has 5 aromatic rings. The van der Waals surface area contributed by atoms with Gasteiger partial charge in [0, 0.05) is 54.3 Å². The van der Waals surface area contributed by atoms with Gasteiger partial charge >= 0.3 is 5.97 Å². The first-order chi connectivity index (χ1) is 32.8. The third-order valence-electron chi connectivity index (χ3n) is 11.9. The minimum Gasteiger partial charge on any atom is -0.493 e. The number of carbonyl (C=O) groups excluding carboxylic acids is 1. The number of aliphatic carboxylic acids is 1. The molecule has 67 heavy (non-hydrogen) atoms. The van der Waals surface area contributed by atoms with Gasteiger partial charge in [-0.2, -0.15) is 0 Å². The fourth-order valence-electron chi connectivity index (χ4n) is 8.76. The van der Waals surface area contributed by atoms with Crippen molar-refractivity contribution in [3.05, 3.63) is 124 Å². The molecule has 16 nitrogen and oxygen atoms in total. The van der Waals surface area contributed by atoms with E-state index in [1.54, 1.807) is 36.3 Å². The molecule has 0 saturated carbocycles. The standard InChI is InChI=1S/C51H52N4O12/c1-60-45-24-39-41(52-28-36-22-34-7-3-5-9-43(34)54(36)50(39)58)26-47(45)66-30-32-19-33(21-38(20-32)65-18-17-64-16-15-63-14-13-62-12-11-49(56)57)31-67-48-27-42-40(25-46(48)61-2)51(59)55-37(29-53-42)23-35-8-4-6-10-44(35)55/h3-10,19-21,24-29,36-37,50,58H,11-18,22-23,30-31H2,1-2H3,(H,56,57)/t36-,37-,50?/m0/s1. The zero-order valence-electron chi connectivity index (χ0n) is 37.3. The lowest BCUT2D eigenvalue weighted by atomic mass is 10.1. The van der Waals surface area contributed by atoms with Crippen molar-refractivity contribution >= 4 is 47.1 Å². The van der Waals surface area contributed by atoms with Gasteiger partial charge < -0.3 is 53.0 Å². The Balaban J connectivity index is 0.896. The number of ether oxygens (including phenoxy) is 8. The summed E-state index contributed by atoms with van der Waals surface area (Å²) in [6.45, 7) is 2.24. The van der Waals surface area contributed by atoms with Crippen LogP contribution in [0.2, 0.25) is 0 Å². The lowest BCUT2D eigenvalue weighted by Gasteiger charge is -2.29. The van der Waals surface area contributed by atoms with Crippen molar-refractivity contribution in [2.75, 3.05) is 70.3 Å². The third-order valence-corrected chi connectivity index (χ3v) is 11.9. The second-order valence-electron chi connectivity index (χ2n) is 16.3. The monoisotopic (exact) mass is 912 g/mol. The van der Waals surface area contributed by atoms with Gasteiger partial charge in [-0.05, 0) is 64.7 Å². The number of carbonyl (C=O) groups is 2. The second kappa shape index (κ2) is 20.7. The molecular weight excluding hydrogens is 861 g/mol. The molecule has 348 valence electrons. The van der Waals surface area contributed by atoms with Crippen molar-refractivity contribution in [1.29, 1.82) is 0 Å². The third kappa shape index (κ3) is 10.1. The fraction of sp³-hybridized carbons (Fsp3) is 0.333. The van der Waals surface area contributed by atoms with E-state index in [1.165, 1.54) is 7.11 Å². The van der Waals surface area contributed by atoms with Crippen LogP contribution in [0.4, 0.5) is 22.7 Å². The van der Waals surface area contributed by atoms with E-state index in [0.29, 0.717) is 90.7 Å². The molecule has 3 atom stereocenters. The molecule has 4 aliphatic rings. The van der Waals surface area contributed by atoms with E-state index in [0.717, 1.165) is 40.0 Å². The summed E-state index contributed by atoms with van der Waals surface area (Å²) in [6.07, 6.45) is 4.13. The minimum atomic E-state index is -0.945. The summed E-state index contributed by atoms with van der Waals surface area (Å²) in [5, 5.41) is 20.4. The summed E-state index contributed by atoms with van der Waals surface area (Å²) in [6, 6.07) is 28.4. The van der Waals surface area contributed by atoms with Crippen LogP contribution in [-0.4, -0.2) is 107 Å². The van der Waals surface area contributed by atoms with Gasteiger partial charge in [0.2, 0.25) is 0 Å². The molecule has 0 fully saturated rings. The van der Waals surface area contributed by atoms with E-state index < -0.39 is 12.2 Å². The number of nitrogens with zero attached hydrogens (tertiary/aromatic N) is 4. The lowest BCUT2D eigenvalue weighted by molar-refractivity contribution is -0.138. The molecule has 16 heteroatoms. The van der Waals surface area contributed by atoms with Gasteiger partial charge in [0.25, 0.3) is 5.91 Å². The Kier molecular flexibility index (Phi) is 13.9. The maximum Gasteiger partial charge on any atom is 0.305 e. The Hall–Kier alpha value is -6.98. The van der Waals surface area contributed by atoms with Crippen LogP contribution >= 0.6 is 0 Å². The van der Waals surface area contributed by atoms with Gasteiger partial charge in [-0.15, -0.1) is 0 Å². The highest BCUT2D eigenvalue weighted by molar-refractivity contribution is 6.14. The highest BCUT2D eigenvalue weighted by atomic mass is 16.6. The molecule has 9 rings (SSSR count). The normalized spacial score (nSPS) is 17.4. The van der Waals surface area contributed by atoms with E-state index in [1.807, 2.05) is 78.0 Å². The summed E-state index contributed by atoms with van der Waals surface area (Å²) in [5.41, 5.74) is 7.77. The SMILES string of the molecule is COc1cc2c(cc1OCc1cc(COc3cc4c(cc3OC)C(O)N3c5ccccc5C[C@H]3C=N4)cc(OCCOCCOCCOCCC(=O)O)c1)N=C[C@@H]1Cc3ccccc3N1C2=O. The maximum absolute atomic E-state index is 14.0. The average molecular weight is 913 g/mol. The molecule has 1 amide bonds. The number of anilines is 2. The van der Waals surface area contributed by atoms with Crippen LogP contribution in [0, 0.1) is 0 Å².